The molecule has 0 unspecified atom stereocenters. The molecule has 1 aliphatic heterocycles. The van der Waals surface area contributed by atoms with Crippen LogP contribution in [0, 0.1) is 0 Å². The van der Waals surface area contributed by atoms with Gasteiger partial charge in [0.1, 0.15) is 4.21 Å². The number of piperidine rings is 1. The highest BCUT2D eigenvalue weighted by molar-refractivity contribution is 7.91. The predicted octanol–water partition coefficient (Wildman–Crippen LogP) is 3.37. The second-order valence-electron chi connectivity index (χ2n) is 5.87. The quantitative estimate of drug-likeness (QED) is 0.858. The van der Waals surface area contributed by atoms with Gasteiger partial charge in [0, 0.05) is 36.3 Å². The first-order chi connectivity index (χ1) is 10.5. The first-order valence-corrected chi connectivity index (χ1v) is 9.94. The Morgan fingerprint density at radius 2 is 1.95 bits per heavy atom. The molecule has 1 aliphatic rings. The molecule has 2 aromatic rings. The zero-order chi connectivity index (χ0) is 15.7. The Morgan fingerprint density at radius 3 is 2.64 bits per heavy atom. The zero-order valence-corrected chi connectivity index (χ0v) is 14.5. The Bertz CT molecular complexity index is 740. The summed E-state index contributed by atoms with van der Waals surface area (Å²) in [5.74, 6) is 0. The van der Waals surface area contributed by atoms with E-state index >= 15 is 0 Å². The van der Waals surface area contributed by atoms with Gasteiger partial charge in [-0.05, 0) is 38.8 Å². The van der Waals surface area contributed by atoms with Gasteiger partial charge in [-0.25, -0.2) is 8.42 Å². The molecule has 0 spiro atoms. The van der Waals surface area contributed by atoms with Crippen molar-refractivity contribution in [1.82, 2.24) is 14.1 Å². The molecule has 3 rings (SSSR count). The van der Waals surface area contributed by atoms with Gasteiger partial charge in [-0.2, -0.15) is 9.40 Å². The van der Waals surface area contributed by atoms with Crippen molar-refractivity contribution < 1.29 is 8.42 Å². The minimum Gasteiger partial charge on any atom is -0.262 e. The van der Waals surface area contributed by atoms with Crippen LogP contribution in [0.3, 0.4) is 0 Å². The van der Waals surface area contributed by atoms with Crippen LogP contribution in [-0.2, 0) is 10.0 Å². The summed E-state index contributed by atoms with van der Waals surface area (Å²) >= 11 is 1.30. The second-order valence-corrected chi connectivity index (χ2v) is 8.95. The van der Waals surface area contributed by atoms with Gasteiger partial charge in [0.05, 0.1) is 5.69 Å². The molecule has 2 aromatic heterocycles. The molecule has 0 aliphatic carbocycles. The van der Waals surface area contributed by atoms with Crippen molar-refractivity contribution in [1.29, 1.82) is 0 Å². The highest BCUT2D eigenvalue weighted by Gasteiger charge is 2.27. The topological polar surface area (TPSA) is 55.2 Å². The van der Waals surface area contributed by atoms with Gasteiger partial charge >= 0.3 is 0 Å². The van der Waals surface area contributed by atoms with Crippen LogP contribution in [0.4, 0.5) is 0 Å². The van der Waals surface area contributed by atoms with E-state index in [1.54, 1.807) is 16.6 Å². The van der Waals surface area contributed by atoms with Gasteiger partial charge < -0.3 is 0 Å². The molecule has 0 aromatic carbocycles. The van der Waals surface area contributed by atoms with E-state index < -0.39 is 10.0 Å². The van der Waals surface area contributed by atoms with Crippen molar-refractivity contribution in [2.24, 2.45) is 0 Å². The maximum absolute atomic E-state index is 12.7. The normalized spacial score (nSPS) is 17.2. The third-order valence-corrected chi connectivity index (χ3v) is 7.25. The monoisotopic (exact) mass is 339 g/mol. The number of thiophene rings is 1. The lowest BCUT2D eigenvalue weighted by molar-refractivity contribution is 0.347. The maximum atomic E-state index is 12.7. The highest BCUT2D eigenvalue weighted by atomic mass is 32.2. The molecule has 22 heavy (non-hydrogen) atoms. The minimum atomic E-state index is -3.34. The van der Waals surface area contributed by atoms with Gasteiger partial charge in [-0.15, -0.1) is 11.3 Å². The van der Waals surface area contributed by atoms with E-state index in [9.17, 15) is 8.42 Å². The van der Waals surface area contributed by atoms with E-state index in [1.807, 2.05) is 16.1 Å². The van der Waals surface area contributed by atoms with E-state index in [0.29, 0.717) is 17.3 Å². The van der Waals surface area contributed by atoms with E-state index in [4.69, 9.17) is 0 Å². The first kappa shape index (κ1) is 15.7. The number of aromatic nitrogens is 2. The summed E-state index contributed by atoms with van der Waals surface area (Å²) in [6.45, 7) is 5.40. The molecule has 3 heterocycles. The van der Waals surface area contributed by atoms with Crippen molar-refractivity contribution in [2.75, 3.05) is 13.1 Å². The molecule has 0 bridgehead atoms. The summed E-state index contributed by atoms with van der Waals surface area (Å²) in [7, 11) is -3.34. The lowest BCUT2D eigenvalue weighted by Gasteiger charge is -2.25. The summed E-state index contributed by atoms with van der Waals surface area (Å²) in [5.41, 5.74) is 1.89. The first-order valence-electron chi connectivity index (χ1n) is 7.63. The van der Waals surface area contributed by atoms with Crippen molar-refractivity contribution in [3.8, 4) is 11.3 Å². The smallest absolute Gasteiger partial charge is 0.252 e. The van der Waals surface area contributed by atoms with E-state index in [2.05, 4.69) is 18.9 Å². The van der Waals surface area contributed by atoms with Crippen molar-refractivity contribution in [2.45, 2.75) is 43.4 Å². The summed E-state index contributed by atoms with van der Waals surface area (Å²) in [6.07, 6.45) is 4.79. The molecule has 120 valence electrons. The van der Waals surface area contributed by atoms with Gasteiger partial charge in [0.2, 0.25) is 0 Å². The summed E-state index contributed by atoms with van der Waals surface area (Å²) in [6, 6.07) is 3.95. The molecule has 1 fully saturated rings. The molecule has 5 nitrogen and oxygen atoms in total. The van der Waals surface area contributed by atoms with Crippen LogP contribution in [0.25, 0.3) is 11.3 Å². The van der Waals surface area contributed by atoms with Gasteiger partial charge in [-0.3, -0.25) is 4.68 Å². The Hall–Kier alpha value is -1.18. The molecule has 7 heteroatoms. The zero-order valence-electron chi connectivity index (χ0n) is 12.9. The summed E-state index contributed by atoms with van der Waals surface area (Å²) in [4.78, 5) is 0. The SMILES string of the molecule is CC(C)n1nccc1-c1csc(S(=O)(=O)N2CCCCC2)c1. The summed E-state index contributed by atoms with van der Waals surface area (Å²) < 4.78 is 29.4. The van der Waals surface area contributed by atoms with Crippen LogP contribution < -0.4 is 0 Å². The van der Waals surface area contributed by atoms with Crippen molar-refractivity contribution >= 4 is 21.4 Å². The van der Waals surface area contributed by atoms with Crippen LogP contribution >= 0.6 is 11.3 Å². The molecule has 0 N–H and O–H groups in total. The van der Waals surface area contributed by atoms with E-state index in [1.165, 1.54) is 11.3 Å². The number of nitrogens with zero attached hydrogens (tertiary/aromatic N) is 3. The van der Waals surface area contributed by atoms with Crippen LogP contribution in [0.5, 0.6) is 0 Å². The lowest BCUT2D eigenvalue weighted by Crippen LogP contribution is -2.35. The third kappa shape index (κ3) is 2.85. The fraction of sp³-hybridized carbons (Fsp3) is 0.533. The van der Waals surface area contributed by atoms with Crippen molar-refractivity contribution in [3.05, 3.63) is 23.7 Å². The third-order valence-electron chi connectivity index (χ3n) is 3.94. The highest BCUT2D eigenvalue weighted by Crippen LogP contribution is 2.32. The predicted molar refractivity (Wildman–Crippen MR) is 88.5 cm³/mol. The average Bonchev–Trinajstić information content (AvgIpc) is 3.17. The average molecular weight is 339 g/mol. The molecular weight excluding hydrogens is 318 g/mol. The number of hydrogen-bond donors (Lipinski definition) is 0. The molecule has 0 amide bonds. The summed E-state index contributed by atoms with van der Waals surface area (Å²) in [5, 5.41) is 6.22. The molecule has 0 saturated carbocycles. The molecule has 1 saturated heterocycles. The van der Waals surface area contributed by atoms with E-state index in [0.717, 1.165) is 30.5 Å². The number of rotatable bonds is 4. The Morgan fingerprint density at radius 1 is 1.23 bits per heavy atom. The second kappa shape index (κ2) is 6.14. The fourth-order valence-corrected chi connectivity index (χ4v) is 5.62. The van der Waals surface area contributed by atoms with Crippen LogP contribution in [0.2, 0.25) is 0 Å². The van der Waals surface area contributed by atoms with Gasteiger partial charge in [-0.1, -0.05) is 6.42 Å². The standard InChI is InChI=1S/C15H21N3O2S2/c1-12(2)18-14(6-7-16-18)13-10-15(21-11-13)22(19,20)17-8-4-3-5-9-17/h6-7,10-12H,3-5,8-9H2,1-2H3. The van der Waals surface area contributed by atoms with Crippen LogP contribution in [0.15, 0.2) is 27.9 Å². The van der Waals surface area contributed by atoms with Gasteiger partial charge in [0.15, 0.2) is 0 Å². The Kier molecular flexibility index (Phi) is 4.38. The minimum absolute atomic E-state index is 0.243. The largest absolute Gasteiger partial charge is 0.262 e. The maximum Gasteiger partial charge on any atom is 0.252 e. The Balaban J connectivity index is 1.91. The van der Waals surface area contributed by atoms with Gasteiger partial charge in [0.25, 0.3) is 10.0 Å². The van der Waals surface area contributed by atoms with E-state index in [-0.39, 0.29) is 6.04 Å². The van der Waals surface area contributed by atoms with Crippen LogP contribution in [-0.4, -0.2) is 35.6 Å². The number of sulfonamides is 1. The molecule has 0 atom stereocenters. The lowest BCUT2D eigenvalue weighted by atomic mass is 10.2. The molecular formula is C15H21N3O2S2. The van der Waals surface area contributed by atoms with Crippen LogP contribution in [0.1, 0.15) is 39.2 Å². The fourth-order valence-electron chi connectivity index (χ4n) is 2.77. The number of hydrogen-bond acceptors (Lipinski definition) is 4. The Labute approximate surface area is 135 Å². The molecule has 0 radical (unpaired) electrons. The van der Waals surface area contributed by atoms with Crippen molar-refractivity contribution in [3.63, 3.8) is 0 Å².